The molecule has 12 heavy (non-hydrogen) atoms. The second-order valence-electron chi connectivity index (χ2n) is 3.85. The van der Waals surface area contributed by atoms with Crippen molar-refractivity contribution >= 4 is 5.78 Å². The first-order chi connectivity index (χ1) is 5.77. The van der Waals surface area contributed by atoms with Crippen LogP contribution in [0.2, 0.25) is 0 Å². The van der Waals surface area contributed by atoms with E-state index in [9.17, 15) is 4.79 Å². The summed E-state index contributed by atoms with van der Waals surface area (Å²) in [7, 11) is 0. The van der Waals surface area contributed by atoms with Crippen LogP contribution in [0.3, 0.4) is 0 Å². The van der Waals surface area contributed by atoms with Gasteiger partial charge in [0.05, 0.1) is 0 Å². The summed E-state index contributed by atoms with van der Waals surface area (Å²) in [5, 5.41) is 0. The first-order valence-electron chi connectivity index (χ1n) is 5.00. The Morgan fingerprint density at radius 1 is 1.58 bits per heavy atom. The molecule has 1 rings (SSSR count). The van der Waals surface area contributed by atoms with E-state index in [4.69, 9.17) is 5.73 Å². The molecule has 1 fully saturated rings. The maximum absolute atomic E-state index is 11.4. The van der Waals surface area contributed by atoms with Crippen LogP contribution in [0.25, 0.3) is 0 Å². The van der Waals surface area contributed by atoms with E-state index >= 15 is 0 Å². The largest absolute Gasteiger partial charge is 0.330 e. The van der Waals surface area contributed by atoms with Gasteiger partial charge in [-0.05, 0) is 25.3 Å². The SMILES string of the molecule is CCCC[C@@H]1C[C@H](CN)CC1=O. The van der Waals surface area contributed by atoms with E-state index in [0.717, 1.165) is 19.3 Å². The summed E-state index contributed by atoms with van der Waals surface area (Å²) in [6.45, 7) is 2.86. The second kappa shape index (κ2) is 4.61. The summed E-state index contributed by atoms with van der Waals surface area (Å²) in [5.74, 6) is 1.29. The topological polar surface area (TPSA) is 43.1 Å². The molecule has 1 aliphatic carbocycles. The fourth-order valence-electron chi connectivity index (χ4n) is 1.98. The van der Waals surface area contributed by atoms with Gasteiger partial charge in [0.15, 0.2) is 0 Å². The lowest BCUT2D eigenvalue weighted by Crippen LogP contribution is -2.10. The van der Waals surface area contributed by atoms with Crippen molar-refractivity contribution in [2.24, 2.45) is 17.6 Å². The van der Waals surface area contributed by atoms with Crippen LogP contribution in [-0.4, -0.2) is 12.3 Å². The molecule has 1 saturated carbocycles. The Hall–Kier alpha value is -0.370. The number of hydrogen-bond donors (Lipinski definition) is 1. The molecule has 2 atom stereocenters. The van der Waals surface area contributed by atoms with E-state index in [1.54, 1.807) is 0 Å². The summed E-state index contributed by atoms with van der Waals surface area (Å²) in [4.78, 5) is 11.4. The van der Waals surface area contributed by atoms with Gasteiger partial charge in [0.25, 0.3) is 0 Å². The molecule has 0 bridgehead atoms. The maximum atomic E-state index is 11.4. The normalized spacial score (nSPS) is 29.7. The number of hydrogen-bond acceptors (Lipinski definition) is 2. The van der Waals surface area contributed by atoms with Crippen LogP contribution in [0.4, 0.5) is 0 Å². The van der Waals surface area contributed by atoms with Crippen molar-refractivity contribution in [3.05, 3.63) is 0 Å². The summed E-state index contributed by atoms with van der Waals surface area (Å²) in [6.07, 6.45) is 5.26. The minimum atomic E-state index is 0.346. The fraction of sp³-hybridized carbons (Fsp3) is 0.900. The molecular weight excluding hydrogens is 150 g/mol. The van der Waals surface area contributed by atoms with Crippen molar-refractivity contribution in [3.8, 4) is 0 Å². The highest BCUT2D eigenvalue weighted by atomic mass is 16.1. The van der Waals surface area contributed by atoms with Gasteiger partial charge in [-0.3, -0.25) is 4.79 Å². The lowest BCUT2D eigenvalue weighted by molar-refractivity contribution is -0.120. The zero-order chi connectivity index (χ0) is 8.97. The molecule has 2 heteroatoms. The van der Waals surface area contributed by atoms with E-state index in [1.807, 2.05) is 0 Å². The minimum absolute atomic E-state index is 0.346. The highest BCUT2D eigenvalue weighted by molar-refractivity contribution is 5.83. The highest BCUT2D eigenvalue weighted by Crippen LogP contribution is 2.30. The van der Waals surface area contributed by atoms with Crippen LogP contribution in [0.1, 0.15) is 39.0 Å². The Kier molecular flexibility index (Phi) is 3.73. The van der Waals surface area contributed by atoms with Gasteiger partial charge < -0.3 is 5.73 Å². The molecular formula is C10H19NO. The van der Waals surface area contributed by atoms with Crippen LogP contribution in [0, 0.1) is 11.8 Å². The molecule has 0 unspecified atom stereocenters. The molecule has 0 saturated heterocycles. The van der Waals surface area contributed by atoms with Gasteiger partial charge in [-0.15, -0.1) is 0 Å². The van der Waals surface area contributed by atoms with E-state index in [0.29, 0.717) is 24.2 Å². The summed E-state index contributed by atoms with van der Waals surface area (Å²) in [5.41, 5.74) is 5.53. The monoisotopic (exact) mass is 169 g/mol. The van der Waals surface area contributed by atoms with Crippen LogP contribution in [-0.2, 0) is 4.79 Å². The van der Waals surface area contributed by atoms with Crippen LogP contribution >= 0.6 is 0 Å². The third-order valence-electron chi connectivity index (χ3n) is 2.80. The zero-order valence-corrected chi connectivity index (χ0v) is 7.88. The molecule has 0 amide bonds. The van der Waals surface area contributed by atoms with Gasteiger partial charge in [-0.25, -0.2) is 0 Å². The molecule has 0 heterocycles. The third-order valence-corrected chi connectivity index (χ3v) is 2.80. The molecule has 0 aromatic heterocycles. The average molecular weight is 169 g/mol. The van der Waals surface area contributed by atoms with Crippen molar-refractivity contribution in [2.45, 2.75) is 39.0 Å². The van der Waals surface area contributed by atoms with Crippen LogP contribution in [0.15, 0.2) is 0 Å². The number of unbranched alkanes of at least 4 members (excludes halogenated alkanes) is 1. The van der Waals surface area contributed by atoms with Gasteiger partial charge >= 0.3 is 0 Å². The number of nitrogens with two attached hydrogens (primary N) is 1. The van der Waals surface area contributed by atoms with Crippen LogP contribution < -0.4 is 5.73 Å². The first-order valence-corrected chi connectivity index (χ1v) is 5.00. The van der Waals surface area contributed by atoms with Crippen molar-refractivity contribution in [1.82, 2.24) is 0 Å². The number of rotatable bonds is 4. The summed E-state index contributed by atoms with van der Waals surface area (Å²) >= 11 is 0. The zero-order valence-electron chi connectivity index (χ0n) is 7.88. The Morgan fingerprint density at radius 2 is 2.33 bits per heavy atom. The fourth-order valence-corrected chi connectivity index (χ4v) is 1.98. The first kappa shape index (κ1) is 9.72. The van der Waals surface area contributed by atoms with Crippen molar-refractivity contribution in [3.63, 3.8) is 0 Å². The predicted molar refractivity (Wildman–Crippen MR) is 49.8 cm³/mol. The van der Waals surface area contributed by atoms with E-state index in [-0.39, 0.29) is 0 Å². The maximum Gasteiger partial charge on any atom is 0.136 e. The van der Waals surface area contributed by atoms with E-state index in [1.165, 1.54) is 12.8 Å². The van der Waals surface area contributed by atoms with Gasteiger partial charge in [-0.1, -0.05) is 19.8 Å². The van der Waals surface area contributed by atoms with Gasteiger partial charge in [0.2, 0.25) is 0 Å². The smallest absolute Gasteiger partial charge is 0.136 e. The summed E-state index contributed by atoms with van der Waals surface area (Å²) < 4.78 is 0. The van der Waals surface area contributed by atoms with Gasteiger partial charge in [0.1, 0.15) is 5.78 Å². The number of carbonyl (C=O) groups is 1. The Balaban J connectivity index is 2.31. The van der Waals surface area contributed by atoms with Gasteiger partial charge in [0, 0.05) is 12.3 Å². The lowest BCUT2D eigenvalue weighted by atomic mass is 9.98. The Morgan fingerprint density at radius 3 is 2.83 bits per heavy atom. The van der Waals surface area contributed by atoms with E-state index < -0.39 is 0 Å². The predicted octanol–water partition coefficient (Wildman–Crippen LogP) is 1.73. The summed E-state index contributed by atoms with van der Waals surface area (Å²) in [6, 6.07) is 0. The molecule has 1 aliphatic rings. The lowest BCUT2D eigenvalue weighted by Gasteiger charge is -2.06. The molecule has 2 nitrogen and oxygen atoms in total. The Bertz CT molecular complexity index is 156. The second-order valence-corrected chi connectivity index (χ2v) is 3.85. The molecule has 0 radical (unpaired) electrons. The van der Waals surface area contributed by atoms with E-state index in [2.05, 4.69) is 6.92 Å². The molecule has 70 valence electrons. The standard InChI is InChI=1S/C10H19NO/c1-2-3-4-9-5-8(7-11)6-10(9)12/h8-9H,2-7,11H2,1H3/t8-,9+/m0/s1. The number of Topliss-reactive ketones (excluding diaryl/α,β-unsaturated/α-hetero) is 1. The van der Waals surface area contributed by atoms with Gasteiger partial charge in [-0.2, -0.15) is 0 Å². The molecule has 0 spiro atoms. The Labute approximate surface area is 74.5 Å². The minimum Gasteiger partial charge on any atom is -0.330 e. The molecule has 0 aromatic carbocycles. The molecule has 0 aromatic rings. The van der Waals surface area contributed by atoms with Crippen molar-refractivity contribution in [2.75, 3.05) is 6.54 Å². The number of carbonyl (C=O) groups excluding carboxylic acids is 1. The molecule has 0 aliphatic heterocycles. The van der Waals surface area contributed by atoms with Crippen molar-refractivity contribution in [1.29, 1.82) is 0 Å². The highest BCUT2D eigenvalue weighted by Gasteiger charge is 2.30. The molecule has 2 N–H and O–H groups in total. The number of ketones is 1. The quantitative estimate of drug-likeness (QED) is 0.696. The van der Waals surface area contributed by atoms with Crippen molar-refractivity contribution < 1.29 is 4.79 Å². The van der Waals surface area contributed by atoms with Crippen LogP contribution in [0.5, 0.6) is 0 Å². The third kappa shape index (κ3) is 2.31. The average Bonchev–Trinajstić information content (AvgIpc) is 2.43.